The Labute approximate surface area is 122 Å². The van der Waals surface area contributed by atoms with Gasteiger partial charge in [0.25, 0.3) is 0 Å². The van der Waals surface area contributed by atoms with Crippen LogP contribution < -0.4 is 16.4 Å². The molecule has 6 heteroatoms. The summed E-state index contributed by atoms with van der Waals surface area (Å²) < 4.78 is 5.62. The Hall–Kier alpha value is -2.18. The van der Waals surface area contributed by atoms with Crippen LogP contribution in [0.2, 0.25) is 0 Å². The first kappa shape index (κ1) is 13.8. The second-order valence-corrected chi connectivity index (χ2v) is 5.01. The first-order chi connectivity index (χ1) is 10.2. The van der Waals surface area contributed by atoms with E-state index in [2.05, 4.69) is 15.6 Å². The van der Waals surface area contributed by atoms with Crippen molar-refractivity contribution in [2.75, 3.05) is 31.6 Å². The molecule has 1 aromatic heterocycles. The van der Waals surface area contributed by atoms with E-state index in [1.807, 2.05) is 24.3 Å². The number of ether oxygens (including phenoxy) is 1. The number of anilines is 1. The Balaban J connectivity index is 1.83. The summed E-state index contributed by atoms with van der Waals surface area (Å²) in [7, 11) is 0. The molecule has 1 saturated heterocycles. The molecule has 110 valence electrons. The zero-order valence-electron chi connectivity index (χ0n) is 11.6. The lowest BCUT2D eigenvalue weighted by atomic mass is 10.1. The molecule has 0 spiro atoms. The highest BCUT2D eigenvalue weighted by Gasteiger charge is 2.14. The van der Waals surface area contributed by atoms with Crippen LogP contribution in [0, 0.1) is 0 Å². The molecule has 4 N–H and O–H groups in total. The average molecular weight is 286 g/mol. The second kappa shape index (κ2) is 6.07. The number of carbonyl (C=O) groups excluding carboxylic acids is 1. The predicted octanol–water partition coefficient (Wildman–Crippen LogP) is 0.734. The van der Waals surface area contributed by atoms with Gasteiger partial charge in [0.1, 0.15) is 5.82 Å². The first-order valence-corrected chi connectivity index (χ1v) is 7.00. The van der Waals surface area contributed by atoms with Crippen LogP contribution in [0.4, 0.5) is 5.82 Å². The molecule has 0 saturated carbocycles. The van der Waals surface area contributed by atoms with E-state index in [4.69, 9.17) is 10.5 Å². The maximum Gasteiger partial charge on any atom is 0.249 e. The molecule has 21 heavy (non-hydrogen) atoms. The van der Waals surface area contributed by atoms with E-state index in [-0.39, 0.29) is 6.10 Å². The third kappa shape index (κ3) is 3.12. The lowest BCUT2D eigenvalue weighted by Crippen LogP contribution is -2.42. The van der Waals surface area contributed by atoms with Gasteiger partial charge in [0.15, 0.2) is 0 Å². The molecule has 1 atom stereocenters. The van der Waals surface area contributed by atoms with Crippen LogP contribution in [0.15, 0.2) is 30.3 Å². The fraction of sp³-hybridized carbons (Fsp3) is 0.333. The van der Waals surface area contributed by atoms with Crippen LogP contribution in [0.3, 0.4) is 0 Å². The number of carbonyl (C=O) groups is 1. The van der Waals surface area contributed by atoms with Crippen molar-refractivity contribution >= 4 is 22.6 Å². The average Bonchev–Trinajstić information content (AvgIpc) is 2.53. The molecule has 3 rings (SSSR count). The number of amides is 1. The molecule has 1 aromatic carbocycles. The van der Waals surface area contributed by atoms with Gasteiger partial charge in [-0.25, -0.2) is 4.98 Å². The van der Waals surface area contributed by atoms with E-state index in [1.165, 1.54) is 0 Å². The minimum atomic E-state index is -0.452. The van der Waals surface area contributed by atoms with Gasteiger partial charge in [0.05, 0.1) is 23.8 Å². The molecule has 1 aliphatic heterocycles. The molecule has 6 nitrogen and oxygen atoms in total. The summed E-state index contributed by atoms with van der Waals surface area (Å²) in [6, 6.07) is 9.16. The molecule has 0 radical (unpaired) electrons. The Kier molecular flexibility index (Phi) is 3.98. The molecule has 1 amide bonds. The van der Waals surface area contributed by atoms with Crippen LogP contribution >= 0.6 is 0 Å². The van der Waals surface area contributed by atoms with Gasteiger partial charge in [0, 0.05) is 25.0 Å². The molecule has 1 aliphatic rings. The van der Waals surface area contributed by atoms with Crippen molar-refractivity contribution in [3.63, 3.8) is 0 Å². The van der Waals surface area contributed by atoms with Gasteiger partial charge in [-0.15, -0.1) is 0 Å². The van der Waals surface area contributed by atoms with Gasteiger partial charge in [-0.05, 0) is 12.1 Å². The Bertz CT molecular complexity index is 653. The molecule has 2 heterocycles. The molecular formula is C15H18N4O2. The van der Waals surface area contributed by atoms with Crippen molar-refractivity contribution in [2.24, 2.45) is 5.73 Å². The lowest BCUT2D eigenvalue weighted by Gasteiger charge is -2.24. The number of pyridine rings is 1. The van der Waals surface area contributed by atoms with Crippen molar-refractivity contribution in [1.29, 1.82) is 0 Å². The standard InChI is InChI=1S/C15H18N4O2/c16-15(20)12-7-14(18-9-10-8-17-5-6-21-10)19-13-4-2-1-3-11(12)13/h1-4,7,10,17H,5-6,8-9H2,(H2,16,20)(H,18,19). The van der Waals surface area contributed by atoms with Crippen molar-refractivity contribution in [3.8, 4) is 0 Å². The topological polar surface area (TPSA) is 89.3 Å². The number of rotatable bonds is 4. The SMILES string of the molecule is NC(=O)c1cc(NCC2CNCCO2)nc2ccccc12. The fourth-order valence-corrected chi connectivity index (χ4v) is 2.44. The van der Waals surface area contributed by atoms with Gasteiger partial charge in [0.2, 0.25) is 5.91 Å². The number of primary amides is 1. The number of hydrogen-bond donors (Lipinski definition) is 3. The smallest absolute Gasteiger partial charge is 0.249 e. The van der Waals surface area contributed by atoms with Crippen LogP contribution in [-0.4, -0.2) is 43.2 Å². The summed E-state index contributed by atoms with van der Waals surface area (Å²) in [6.45, 7) is 3.04. The molecule has 0 bridgehead atoms. The van der Waals surface area contributed by atoms with Crippen molar-refractivity contribution in [2.45, 2.75) is 6.10 Å². The number of fused-ring (bicyclic) bond motifs is 1. The zero-order chi connectivity index (χ0) is 14.7. The number of benzene rings is 1. The predicted molar refractivity (Wildman–Crippen MR) is 81.4 cm³/mol. The van der Waals surface area contributed by atoms with E-state index in [9.17, 15) is 4.79 Å². The second-order valence-electron chi connectivity index (χ2n) is 5.01. The lowest BCUT2D eigenvalue weighted by molar-refractivity contribution is 0.0372. The van der Waals surface area contributed by atoms with Gasteiger partial charge in [-0.3, -0.25) is 4.79 Å². The number of nitrogens with one attached hydrogen (secondary N) is 2. The van der Waals surface area contributed by atoms with Gasteiger partial charge < -0.3 is 21.1 Å². The highest BCUT2D eigenvalue weighted by atomic mass is 16.5. The highest BCUT2D eigenvalue weighted by Crippen LogP contribution is 2.20. The largest absolute Gasteiger partial charge is 0.374 e. The van der Waals surface area contributed by atoms with E-state index in [0.29, 0.717) is 24.5 Å². The maximum atomic E-state index is 11.6. The van der Waals surface area contributed by atoms with Crippen LogP contribution in [-0.2, 0) is 4.74 Å². The summed E-state index contributed by atoms with van der Waals surface area (Å²) in [5.74, 6) is 0.184. The fourth-order valence-electron chi connectivity index (χ4n) is 2.44. The number of morpholine rings is 1. The molecule has 0 aliphatic carbocycles. The number of nitrogens with zero attached hydrogens (tertiary/aromatic N) is 1. The van der Waals surface area contributed by atoms with Gasteiger partial charge >= 0.3 is 0 Å². The monoisotopic (exact) mass is 286 g/mol. The molecule has 1 unspecified atom stereocenters. The van der Waals surface area contributed by atoms with Crippen molar-refractivity contribution in [3.05, 3.63) is 35.9 Å². The van der Waals surface area contributed by atoms with Gasteiger partial charge in [-0.1, -0.05) is 18.2 Å². The highest BCUT2D eigenvalue weighted by molar-refractivity contribution is 6.06. The van der Waals surface area contributed by atoms with E-state index < -0.39 is 5.91 Å². The van der Waals surface area contributed by atoms with Gasteiger partial charge in [-0.2, -0.15) is 0 Å². The molecular weight excluding hydrogens is 268 g/mol. The van der Waals surface area contributed by atoms with E-state index >= 15 is 0 Å². The summed E-state index contributed by atoms with van der Waals surface area (Å²) in [6.07, 6.45) is 0.101. The third-order valence-electron chi connectivity index (χ3n) is 3.50. The Morgan fingerprint density at radius 2 is 2.33 bits per heavy atom. The van der Waals surface area contributed by atoms with Crippen molar-refractivity contribution in [1.82, 2.24) is 10.3 Å². The van der Waals surface area contributed by atoms with Crippen LogP contribution in [0.1, 0.15) is 10.4 Å². The number of hydrogen-bond acceptors (Lipinski definition) is 5. The maximum absolute atomic E-state index is 11.6. The Morgan fingerprint density at radius 3 is 3.10 bits per heavy atom. The Morgan fingerprint density at radius 1 is 1.48 bits per heavy atom. The summed E-state index contributed by atoms with van der Waals surface area (Å²) >= 11 is 0. The minimum Gasteiger partial charge on any atom is -0.374 e. The van der Waals surface area contributed by atoms with Crippen molar-refractivity contribution < 1.29 is 9.53 Å². The summed E-state index contributed by atoms with van der Waals surface area (Å²) in [4.78, 5) is 16.1. The van der Waals surface area contributed by atoms with E-state index in [1.54, 1.807) is 6.07 Å². The molecule has 2 aromatic rings. The number of para-hydroxylation sites is 1. The normalized spacial score (nSPS) is 18.6. The number of nitrogens with two attached hydrogens (primary N) is 1. The molecule has 1 fully saturated rings. The van der Waals surface area contributed by atoms with Crippen LogP contribution in [0.5, 0.6) is 0 Å². The third-order valence-corrected chi connectivity index (χ3v) is 3.50. The zero-order valence-corrected chi connectivity index (χ0v) is 11.6. The quantitative estimate of drug-likeness (QED) is 0.771. The van der Waals surface area contributed by atoms with E-state index in [0.717, 1.165) is 24.0 Å². The minimum absolute atomic E-state index is 0.101. The summed E-state index contributed by atoms with van der Waals surface area (Å²) in [5.41, 5.74) is 6.69. The number of aromatic nitrogens is 1. The summed E-state index contributed by atoms with van der Waals surface area (Å²) in [5, 5.41) is 7.26. The van der Waals surface area contributed by atoms with Crippen LogP contribution in [0.25, 0.3) is 10.9 Å². The first-order valence-electron chi connectivity index (χ1n) is 7.00.